The highest BCUT2D eigenvalue weighted by Gasteiger charge is 2.24. The topological polar surface area (TPSA) is 67.9 Å². The van der Waals surface area contributed by atoms with Gasteiger partial charge < -0.3 is 19.7 Å². The highest BCUT2D eigenvalue weighted by molar-refractivity contribution is 7.80. The van der Waals surface area contributed by atoms with Gasteiger partial charge in [-0.05, 0) is 103 Å². The summed E-state index contributed by atoms with van der Waals surface area (Å²) in [6, 6.07) is 0. The number of carbonyl (C=O) groups is 2. The summed E-state index contributed by atoms with van der Waals surface area (Å²) in [5.74, 6) is 0.619. The molecule has 1 atom stereocenters. The second kappa shape index (κ2) is 37.2. The molecule has 0 bridgehead atoms. The van der Waals surface area contributed by atoms with Gasteiger partial charge in [0.05, 0.1) is 5.92 Å². The van der Waals surface area contributed by atoms with Crippen LogP contribution in [0.2, 0.25) is 0 Å². The van der Waals surface area contributed by atoms with Gasteiger partial charge in [0, 0.05) is 6.42 Å². The van der Waals surface area contributed by atoms with E-state index in [0.29, 0.717) is 13.0 Å². The van der Waals surface area contributed by atoms with Crippen LogP contribution in [0.4, 0.5) is 0 Å². The lowest BCUT2D eigenvalue weighted by Crippen LogP contribution is -2.32. The average Bonchev–Trinajstić information content (AvgIpc) is 3.09. The van der Waals surface area contributed by atoms with Crippen LogP contribution in [-0.4, -0.2) is 68.0 Å². The molecule has 48 heavy (non-hydrogen) atoms. The van der Waals surface area contributed by atoms with Crippen LogP contribution < -0.4 is 5.32 Å². The summed E-state index contributed by atoms with van der Waals surface area (Å²) in [5.41, 5.74) is 0. The first-order valence-electron chi connectivity index (χ1n) is 20.6. The highest BCUT2D eigenvalue weighted by atomic mass is 32.1. The zero-order valence-electron chi connectivity index (χ0n) is 32.3. The van der Waals surface area contributed by atoms with E-state index in [1.807, 2.05) is 6.08 Å². The molecule has 7 heteroatoms. The van der Waals surface area contributed by atoms with E-state index >= 15 is 0 Å². The zero-order valence-corrected chi connectivity index (χ0v) is 33.2. The molecule has 0 aliphatic carbocycles. The molecule has 0 saturated carbocycles. The molecule has 0 aromatic carbocycles. The number of esters is 2. The van der Waals surface area contributed by atoms with Gasteiger partial charge in [0.1, 0.15) is 12.7 Å². The van der Waals surface area contributed by atoms with Gasteiger partial charge in [-0.15, -0.1) is 0 Å². The normalized spacial score (nSPS) is 12.4. The first-order valence-corrected chi connectivity index (χ1v) is 21.2. The van der Waals surface area contributed by atoms with Gasteiger partial charge in [-0.25, -0.2) is 0 Å². The zero-order chi connectivity index (χ0) is 35.3. The Kier molecular flexibility index (Phi) is 36.4. The molecule has 0 rings (SSSR count). The van der Waals surface area contributed by atoms with Crippen LogP contribution >= 0.6 is 12.6 Å². The number of carbonyl (C=O) groups excluding carboxylic acids is 2. The first kappa shape index (κ1) is 47.0. The molecule has 0 aliphatic rings. The smallest absolute Gasteiger partial charge is 0.309 e. The Labute approximate surface area is 304 Å². The molecule has 0 amide bonds. The van der Waals surface area contributed by atoms with Crippen molar-refractivity contribution in [2.24, 2.45) is 5.92 Å². The van der Waals surface area contributed by atoms with E-state index in [9.17, 15) is 9.59 Å². The van der Waals surface area contributed by atoms with Gasteiger partial charge in [0.2, 0.25) is 0 Å². The van der Waals surface area contributed by atoms with Gasteiger partial charge in [-0.1, -0.05) is 123 Å². The molecule has 6 nitrogen and oxygen atoms in total. The monoisotopic (exact) mass is 697 g/mol. The largest absolute Gasteiger partial charge is 0.462 e. The Morgan fingerprint density at radius 2 is 1.27 bits per heavy atom. The standard InChI is InChI=1S/C41H80N2O4S/c1-5-9-12-15-18-21-24-36-46-40(44)29-25-32-42-33-30-38(31-35-43(8-4)34-26-37-48)41(45)47-39(27-22-19-16-13-10-6-2)28-23-20-17-14-11-7-3/h21,24,38-39,42,48H,5-20,22-23,25-37H2,1-4H3/b24-21-. The lowest BCUT2D eigenvalue weighted by atomic mass is 9.99. The van der Waals surface area contributed by atoms with Crippen molar-refractivity contribution >= 4 is 24.6 Å². The van der Waals surface area contributed by atoms with Crippen LogP contribution in [0.15, 0.2) is 12.2 Å². The third-order valence-electron chi connectivity index (χ3n) is 9.38. The van der Waals surface area contributed by atoms with Crippen molar-refractivity contribution in [3.63, 3.8) is 0 Å². The fourth-order valence-corrected chi connectivity index (χ4v) is 6.26. The van der Waals surface area contributed by atoms with Crippen LogP contribution in [0.25, 0.3) is 0 Å². The Bertz CT molecular complexity index is 719. The van der Waals surface area contributed by atoms with Crippen LogP contribution in [-0.2, 0) is 19.1 Å². The molecule has 1 N–H and O–H groups in total. The number of nitrogens with zero attached hydrogens (tertiary/aromatic N) is 1. The summed E-state index contributed by atoms with van der Waals surface area (Å²) in [7, 11) is 0. The van der Waals surface area contributed by atoms with E-state index < -0.39 is 0 Å². The van der Waals surface area contributed by atoms with Crippen LogP contribution in [0.5, 0.6) is 0 Å². The number of allylic oxidation sites excluding steroid dienone is 1. The van der Waals surface area contributed by atoms with Gasteiger partial charge in [-0.2, -0.15) is 12.6 Å². The highest BCUT2D eigenvalue weighted by Crippen LogP contribution is 2.20. The SMILES string of the molecule is CCCCCC/C=C\COC(=O)CCCNCCC(CCN(CC)CCCS)C(=O)OC(CCCCCCCC)CCCCCCCC. The van der Waals surface area contributed by atoms with E-state index in [4.69, 9.17) is 9.47 Å². The van der Waals surface area contributed by atoms with Gasteiger partial charge in [0.25, 0.3) is 0 Å². The average molecular weight is 697 g/mol. The molecule has 0 spiro atoms. The van der Waals surface area contributed by atoms with Crippen molar-refractivity contribution in [2.75, 3.05) is 45.1 Å². The molecule has 0 saturated heterocycles. The van der Waals surface area contributed by atoms with E-state index in [-0.39, 0.29) is 24.0 Å². The van der Waals surface area contributed by atoms with Crippen molar-refractivity contribution in [3.05, 3.63) is 12.2 Å². The van der Waals surface area contributed by atoms with E-state index in [0.717, 1.165) is 96.3 Å². The van der Waals surface area contributed by atoms with Crippen molar-refractivity contribution < 1.29 is 19.1 Å². The Hall–Kier alpha value is -1.05. The Morgan fingerprint density at radius 1 is 0.667 bits per heavy atom. The van der Waals surface area contributed by atoms with Crippen molar-refractivity contribution in [1.82, 2.24) is 10.2 Å². The second-order valence-corrected chi connectivity index (χ2v) is 14.3. The molecule has 284 valence electrons. The summed E-state index contributed by atoms with van der Waals surface area (Å²) in [6.07, 6.45) is 31.1. The van der Waals surface area contributed by atoms with Gasteiger partial charge in [-0.3, -0.25) is 9.59 Å². The molecule has 1 unspecified atom stereocenters. The maximum Gasteiger partial charge on any atom is 0.309 e. The number of thiol groups is 1. The van der Waals surface area contributed by atoms with Gasteiger partial charge in [0.15, 0.2) is 0 Å². The number of rotatable bonds is 37. The summed E-state index contributed by atoms with van der Waals surface area (Å²) in [6.45, 7) is 13.7. The fraction of sp³-hybridized carbons (Fsp3) is 0.902. The molecule has 0 aliphatic heterocycles. The first-order chi connectivity index (χ1) is 23.5. The van der Waals surface area contributed by atoms with Crippen LogP contribution in [0.1, 0.15) is 182 Å². The number of nitrogens with one attached hydrogen (secondary N) is 1. The summed E-state index contributed by atoms with van der Waals surface area (Å²) < 4.78 is 11.7. The molecule has 0 radical (unpaired) electrons. The lowest BCUT2D eigenvalue weighted by Gasteiger charge is -2.25. The third-order valence-corrected chi connectivity index (χ3v) is 9.70. The molecular weight excluding hydrogens is 617 g/mol. The Morgan fingerprint density at radius 3 is 1.88 bits per heavy atom. The van der Waals surface area contributed by atoms with Crippen molar-refractivity contribution in [3.8, 4) is 0 Å². The summed E-state index contributed by atoms with van der Waals surface area (Å²) in [5, 5.41) is 3.48. The van der Waals surface area contributed by atoms with E-state index in [2.05, 4.69) is 56.6 Å². The number of hydrogen-bond donors (Lipinski definition) is 2. The minimum atomic E-state index is -0.142. The maximum atomic E-state index is 13.7. The number of unbranched alkanes of at least 4 members (excludes halogenated alkanes) is 14. The van der Waals surface area contributed by atoms with Crippen molar-refractivity contribution in [2.45, 2.75) is 188 Å². The summed E-state index contributed by atoms with van der Waals surface area (Å²) in [4.78, 5) is 28.3. The predicted octanol–water partition coefficient (Wildman–Crippen LogP) is 10.9. The summed E-state index contributed by atoms with van der Waals surface area (Å²) >= 11 is 4.40. The molecular formula is C41H80N2O4S. The Balaban J connectivity index is 4.86. The minimum absolute atomic E-state index is 0.00832. The molecule has 0 aromatic rings. The quantitative estimate of drug-likeness (QED) is 0.0292. The molecule has 0 aromatic heterocycles. The second-order valence-electron chi connectivity index (χ2n) is 13.8. The number of hydrogen-bond acceptors (Lipinski definition) is 7. The third kappa shape index (κ3) is 31.0. The fourth-order valence-electron chi connectivity index (χ4n) is 6.12. The van der Waals surface area contributed by atoms with Crippen molar-refractivity contribution in [1.29, 1.82) is 0 Å². The van der Waals surface area contributed by atoms with E-state index in [1.165, 1.54) is 89.9 Å². The molecule has 0 heterocycles. The lowest BCUT2D eigenvalue weighted by molar-refractivity contribution is -0.155. The minimum Gasteiger partial charge on any atom is -0.462 e. The van der Waals surface area contributed by atoms with E-state index in [1.54, 1.807) is 0 Å². The van der Waals surface area contributed by atoms with Gasteiger partial charge >= 0.3 is 11.9 Å². The van der Waals surface area contributed by atoms with Crippen LogP contribution in [0, 0.1) is 5.92 Å². The molecule has 0 fully saturated rings. The maximum absolute atomic E-state index is 13.7. The van der Waals surface area contributed by atoms with Crippen LogP contribution in [0.3, 0.4) is 0 Å². The number of ether oxygens (including phenoxy) is 2. The predicted molar refractivity (Wildman–Crippen MR) is 210 cm³/mol.